The molecule has 184 valence electrons. The van der Waals surface area contributed by atoms with Crippen LogP contribution in [-0.2, 0) is 27.4 Å². The van der Waals surface area contributed by atoms with Crippen molar-refractivity contribution >= 4 is 29.6 Å². The molecule has 0 spiro atoms. The number of esters is 1. The van der Waals surface area contributed by atoms with E-state index in [1.165, 1.54) is 20.1 Å². The van der Waals surface area contributed by atoms with Crippen molar-refractivity contribution in [1.29, 1.82) is 0 Å². The summed E-state index contributed by atoms with van der Waals surface area (Å²) in [6, 6.07) is 15.1. The Morgan fingerprint density at radius 1 is 1.09 bits per heavy atom. The molecule has 3 aromatic rings. The van der Waals surface area contributed by atoms with Gasteiger partial charge >= 0.3 is 5.97 Å². The number of nitrogens with one attached hydrogen (secondary N) is 1. The van der Waals surface area contributed by atoms with E-state index in [-0.39, 0.29) is 6.54 Å². The summed E-state index contributed by atoms with van der Waals surface area (Å²) in [5.41, 5.74) is 3.16. The van der Waals surface area contributed by atoms with Gasteiger partial charge in [0.1, 0.15) is 5.15 Å². The third-order valence-electron chi connectivity index (χ3n) is 5.25. The molecule has 0 radical (unpaired) electrons. The molecule has 35 heavy (non-hydrogen) atoms. The van der Waals surface area contributed by atoms with Gasteiger partial charge in [-0.3, -0.25) is 4.79 Å². The number of hydrogen-bond acceptors (Lipinski definition) is 6. The average molecular weight is 498 g/mol. The molecule has 1 unspecified atom stereocenters. The molecule has 0 saturated heterocycles. The van der Waals surface area contributed by atoms with Crippen molar-refractivity contribution in [3.63, 3.8) is 0 Å². The molecule has 0 aliphatic heterocycles. The number of benzene rings is 2. The average Bonchev–Trinajstić information content (AvgIpc) is 3.13. The van der Waals surface area contributed by atoms with Crippen LogP contribution in [0.4, 0.5) is 0 Å². The fraction of sp³-hybridized carbons (Fsp3) is 0.269. The van der Waals surface area contributed by atoms with Gasteiger partial charge in [0.25, 0.3) is 5.91 Å². The molecule has 1 atom stereocenters. The quantitative estimate of drug-likeness (QED) is 0.334. The van der Waals surface area contributed by atoms with Crippen molar-refractivity contribution in [2.75, 3.05) is 14.2 Å². The zero-order valence-electron chi connectivity index (χ0n) is 20.1. The summed E-state index contributed by atoms with van der Waals surface area (Å²) in [6.07, 6.45) is 1.80. The van der Waals surface area contributed by atoms with Crippen LogP contribution in [0.2, 0.25) is 5.15 Å². The SMILES string of the molecule is COc1ccc(CNC(=O)C(C)OC(=O)/C=C/c2c(C)nn(Cc3ccccc3)c2Cl)cc1OC. The van der Waals surface area contributed by atoms with E-state index in [4.69, 9.17) is 25.8 Å². The number of nitrogens with zero attached hydrogens (tertiary/aromatic N) is 2. The highest BCUT2D eigenvalue weighted by Gasteiger charge is 2.17. The normalized spacial score (nSPS) is 11.8. The lowest BCUT2D eigenvalue weighted by molar-refractivity contribution is -0.150. The summed E-state index contributed by atoms with van der Waals surface area (Å²) in [5, 5.41) is 7.60. The third-order valence-corrected chi connectivity index (χ3v) is 5.65. The van der Waals surface area contributed by atoms with Crippen LogP contribution < -0.4 is 14.8 Å². The van der Waals surface area contributed by atoms with E-state index < -0.39 is 18.0 Å². The molecule has 0 saturated carbocycles. The molecule has 0 bridgehead atoms. The maximum absolute atomic E-state index is 12.4. The fourth-order valence-corrected chi connectivity index (χ4v) is 3.66. The number of amides is 1. The maximum atomic E-state index is 12.4. The predicted molar refractivity (Wildman–Crippen MR) is 133 cm³/mol. The van der Waals surface area contributed by atoms with Crippen LogP contribution in [0.15, 0.2) is 54.6 Å². The fourth-order valence-electron chi connectivity index (χ4n) is 3.36. The first kappa shape index (κ1) is 25.8. The van der Waals surface area contributed by atoms with Crippen LogP contribution in [0.5, 0.6) is 11.5 Å². The van der Waals surface area contributed by atoms with Gasteiger partial charge in [0, 0.05) is 18.2 Å². The number of aryl methyl sites for hydroxylation is 1. The van der Waals surface area contributed by atoms with Gasteiger partial charge in [-0.15, -0.1) is 0 Å². The van der Waals surface area contributed by atoms with Gasteiger partial charge in [-0.2, -0.15) is 5.10 Å². The lowest BCUT2D eigenvalue weighted by Gasteiger charge is -2.13. The molecule has 0 aliphatic rings. The highest BCUT2D eigenvalue weighted by atomic mass is 35.5. The van der Waals surface area contributed by atoms with E-state index in [9.17, 15) is 9.59 Å². The summed E-state index contributed by atoms with van der Waals surface area (Å²) in [4.78, 5) is 24.7. The van der Waals surface area contributed by atoms with E-state index in [1.807, 2.05) is 43.3 Å². The second-order valence-electron chi connectivity index (χ2n) is 7.75. The molecule has 1 heterocycles. The van der Waals surface area contributed by atoms with Crippen LogP contribution >= 0.6 is 11.6 Å². The highest BCUT2D eigenvalue weighted by molar-refractivity contribution is 6.31. The van der Waals surface area contributed by atoms with Crippen LogP contribution in [0.1, 0.15) is 29.3 Å². The maximum Gasteiger partial charge on any atom is 0.331 e. The zero-order chi connectivity index (χ0) is 25.4. The number of aromatic nitrogens is 2. The lowest BCUT2D eigenvalue weighted by atomic mass is 10.2. The Kier molecular flexibility index (Phi) is 8.92. The van der Waals surface area contributed by atoms with Gasteiger partial charge in [0.15, 0.2) is 17.6 Å². The number of ether oxygens (including phenoxy) is 3. The van der Waals surface area contributed by atoms with Crippen LogP contribution in [-0.4, -0.2) is 42.0 Å². The van der Waals surface area contributed by atoms with Crippen molar-refractivity contribution in [2.45, 2.75) is 33.0 Å². The summed E-state index contributed by atoms with van der Waals surface area (Å²) in [6.45, 7) is 4.07. The number of halogens is 1. The molecule has 1 aromatic heterocycles. The molecule has 9 heteroatoms. The molecule has 0 fully saturated rings. The van der Waals surface area contributed by atoms with Crippen LogP contribution in [0.3, 0.4) is 0 Å². The van der Waals surface area contributed by atoms with Crippen molar-refractivity contribution < 1.29 is 23.8 Å². The van der Waals surface area contributed by atoms with E-state index >= 15 is 0 Å². The Bertz CT molecular complexity index is 1210. The van der Waals surface area contributed by atoms with Crippen molar-refractivity contribution in [3.8, 4) is 11.5 Å². The lowest BCUT2D eigenvalue weighted by Crippen LogP contribution is -2.35. The number of methoxy groups -OCH3 is 2. The largest absolute Gasteiger partial charge is 0.493 e. The van der Waals surface area contributed by atoms with Crippen molar-refractivity contribution in [3.05, 3.63) is 82.1 Å². The Hall–Kier alpha value is -3.78. The summed E-state index contributed by atoms with van der Waals surface area (Å²) >= 11 is 6.48. The van der Waals surface area contributed by atoms with Crippen LogP contribution in [0.25, 0.3) is 6.08 Å². The second kappa shape index (κ2) is 12.1. The van der Waals surface area contributed by atoms with E-state index in [1.54, 1.807) is 30.0 Å². The number of rotatable bonds is 10. The molecular formula is C26H28ClN3O5. The monoisotopic (exact) mass is 497 g/mol. The predicted octanol–water partition coefficient (Wildman–Crippen LogP) is 4.17. The number of carbonyl (C=O) groups is 2. The Morgan fingerprint density at radius 3 is 2.49 bits per heavy atom. The Labute approximate surface area is 209 Å². The van der Waals surface area contributed by atoms with Gasteiger partial charge in [-0.1, -0.05) is 48.0 Å². The third kappa shape index (κ3) is 6.86. The van der Waals surface area contributed by atoms with Crippen molar-refractivity contribution in [1.82, 2.24) is 15.1 Å². The molecule has 2 aromatic carbocycles. The summed E-state index contributed by atoms with van der Waals surface area (Å²) in [7, 11) is 3.09. The molecular weight excluding hydrogens is 470 g/mol. The minimum Gasteiger partial charge on any atom is -0.493 e. The molecule has 0 aliphatic carbocycles. The van der Waals surface area contributed by atoms with Crippen molar-refractivity contribution in [2.24, 2.45) is 0 Å². The van der Waals surface area contributed by atoms with Gasteiger partial charge < -0.3 is 19.5 Å². The van der Waals surface area contributed by atoms with E-state index in [2.05, 4.69) is 10.4 Å². The molecule has 3 rings (SSSR count). The molecule has 8 nitrogen and oxygen atoms in total. The standard InChI is InChI=1S/C26H28ClN3O5/c1-17-21(25(27)30(29-17)16-19-8-6-5-7-9-19)11-13-24(31)35-18(2)26(32)28-15-20-10-12-22(33-3)23(14-20)34-4/h5-14,18H,15-16H2,1-4H3,(H,28,32)/b13-11+. The summed E-state index contributed by atoms with van der Waals surface area (Å²) in [5.74, 6) is 0.0685. The topological polar surface area (TPSA) is 91.7 Å². The molecule has 1 amide bonds. The minimum absolute atomic E-state index is 0.242. The highest BCUT2D eigenvalue weighted by Crippen LogP contribution is 2.27. The first-order chi connectivity index (χ1) is 16.8. The van der Waals surface area contributed by atoms with E-state index in [0.29, 0.717) is 34.5 Å². The number of hydrogen-bond donors (Lipinski definition) is 1. The van der Waals surface area contributed by atoms with Gasteiger partial charge in [0.05, 0.1) is 26.5 Å². The Morgan fingerprint density at radius 2 is 1.80 bits per heavy atom. The first-order valence-corrected chi connectivity index (χ1v) is 11.3. The first-order valence-electron chi connectivity index (χ1n) is 11.0. The van der Waals surface area contributed by atoms with Gasteiger partial charge in [0.2, 0.25) is 0 Å². The van der Waals surface area contributed by atoms with Gasteiger partial charge in [-0.25, -0.2) is 9.48 Å². The van der Waals surface area contributed by atoms with Gasteiger partial charge in [-0.05, 0) is 43.2 Å². The minimum atomic E-state index is -0.982. The van der Waals surface area contributed by atoms with E-state index in [0.717, 1.165) is 11.1 Å². The second-order valence-corrected chi connectivity index (χ2v) is 8.11. The number of carbonyl (C=O) groups excluding carboxylic acids is 2. The smallest absolute Gasteiger partial charge is 0.331 e. The summed E-state index contributed by atoms with van der Waals surface area (Å²) < 4.78 is 17.4. The Balaban J connectivity index is 1.55. The van der Waals surface area contributed by atoms with Crippen LogP contribution in [0, 0.1) is 6.92 Å². The molecule has 1 N–H and O–H groups in total. The zero-order valence-corrected chi connectivity index (χ0v) is 20.8.